The van der Waals surface area contributed by atoms with Gasteiger partial charge in [0.25, 0.3) is 0 Å². The van der Waals surface area contributed by atoms with Gasteiger partial charge < -0.3 is 15.7 Å². The standard InChI is InChI=1S/C14H18F2N2O4S/c15-11-2-1-10(5-12(11)16)13(19)7-18-14(20)17-6-9-3-4-23(21,22)8-9/h1-2,5,9,13,19H,3-4,6-8H2,(H2,17,18,20). The Balaban J connectivity index is 1.74. The molecule has 0 radical (unpaired) electrons. The van der Waals surface area contributed by atoms with Crippen molar-refractivity contribution in [3.05, 3.63) is 35.4 Å². The third-order valence-electron chi connectivity index (χ3n) is 3.66. The van der Waals surface area contributed by atoms with Crippen molar-refractivity contribution < 1.29 is 27.1 Å². The van der Waals surface area contributed by atoms with Crippen LogP contribution < -0.4 is 10.6 Å². The normalized spacial score (nSPS) is 20.9. The van der Waals surface area contributed by atoms with Crippen LogP contribution in [0.4, 0.5) is 13.6 Å². The van der Waals surface area contributed by atoms with E-state index in [1.54, 1.807) is 0 Å². The third-order valence-corrected chi connectivity index (χ3v) is 5.50. The van der Waals surface area contributed by atoms with Crippen LogP contribution in [0.3, 0.4) is 0 Å². The van der Waals surface area contributed by atoms with E-state index in [2.05, 4.69) is 10.6 Å². The number of hydrogen-bond acceptors (Lipinski definition) is 4. The highest BCUT2D eigenvalue weighted by molar-refractivity contribution is 7.91. The number of urea groups is 1. The van der Waals surface area contributed by atoms with Crippen molar-refractivity contribution >= 4 is 15.9 Å². The second kappa shape index (κ2) is 7.22. The van der Waals surface area contributed by atoms with Crippen LogP contribution in [0, 0.1) is 17.6 Å². The topological polar surface area (TPSA) is 95.5 Å². The van der Waals surface area contributed by atoms with Crippen LogP contribution in [0.15, 0.2) is 18.2 Å². The molecule has 1 fully saturated rings. The van der Waals surface area contributed by atoms with E-state index in [0.29, 0.717) is 6.42 Å². The van der Waals surface area contributed by atoms with E-state index in [4.69, 9.17) is 0 Å². The van der Waals surface area contributed by atoms with Gasteiger partial charge in [-0.2, -0.15) is 0 Å². The molecule has 0 saturated carbocycles. The van der Waals surface area contributed by atoms with Crippen molar-refractivity contribution in [2.24, 2.45) is 5.92 Å². The summed E-state index contributed by atoms with van der Waals surface area (Å²) in [7, 11) is -2.99. The lowest BCUT2D eigenvalue weighted by Crippen LogP contribution is -2.40. The fourth-order valence-corrected chi connectivity index (χ4v) is 4.22. The number of amides is 2. The summed E-state index contributed by atoms with van der Waals surface area (Å²) in [5.74, 6) is -2.01. The fourth-order valence-electron chi connectivity index (χ4n) is 2.36. The monoisotopic (exact) mass is 348 g/mol. The minimum atomic E-state index is -2.99. The van der Waals surface area contributed by atoms with Gasteiger partial charge in [-0.3, -0.25) is 0 Å². The average molecular weight is 348 g/mol. The molecular weight excluding hydrogens is 330 g/mol. The highest BCUT2D eigenvalue weighted by atomic mass is 32.2. The van der Waals surface area contributed by atoms with Crippen molar-refractivity contribution in [1.82, 2.24) is 10.6 Å². The smallest absolute Gasteiger partial charge is 0.314 e. The Morgan fingerprint density at radius 3 is 2.65 bits per heavy atom. The van der Waals surface area contributed by atoms with Gasteiger partial charge in [0.05, 0.1) is 17.6 Å². The molecule has 1 aromatic carbocycles. The Kier molecular flexibility index (Phi) is 5.53. The van der Waals surface area contributed by atoms with E-state index in [-0.39, 0.29) is 36.1 Å². The fraction of sp³-hybridized carbons (Fsp3) is 0.500. The molecule has 1 heterocycles. The van der Waals surface area contributed by atoms with E-state index < -0.39 is 33.6 Å². The number of halogens is 2. The first-order valence-electron chi connectivity index (χ1n) is 7.12. The first-order valence-corrected chi connectivity index (χ1v) is 8.94. The maximum Gasteiger partial charge on any atom is 0.314 e. The summed E-state index contributed by atoms with van der Waals surface area (Å²) in [5, 5.41) is 14.7. The number of carbonyl (C=O) groups is 1. The highest BCUT2D eigenvalue weighted by Gasteiger charge is 2.27. The maximum absolute atomic E-state index is 13.1. The van der Waals surface area contributed by atoms with E-state index in [1.165, 1.54) is 6.07 Å². The number of aliphatic hydroxyl groups is 1. The summed E-state index contributed by atoms with van der Waals surface area (Å²) in [5.41, 5.74) is 0.145. The summed E-state index contributed by atoms with van der Waals surface area (Å²) in [6.07, 6.45) is -0.664. The van der Waals surface area contributed by atoms with Gasteiger partial charge >= 0.3 is 6.03 Å². The number of aliphatic hydroxyl groups excluding tert-OH is 1. The summed E-state index contributed by atoms with van der Waals surface area (Å²) in [6.45, 7) is 0.0478. The number of nitrogens with one attached hydrogen (secondary N) is 2. The largest absolute Gasteiger partial charge is 0.387 e. The Labute approximate surface area is 132 Å². The van der Waals surface area contributed by atoms with E-state index in [1.807, 2.05) is 0 Å². The van der Waals surface area contributed by atoms with E-state index >= 15 is 0 Å². The number of sulfone groups is 1. The van der Waals surface area contributed by atoms with Gasteiger partial charge in [0.1, 0.15) is 0 Å². The van der Waals surface area contributed by atoms with Gasteiger partial charge in [-0.05, 0) is 30.0 Å². The lowest BCUT2D eigenvalue weighted by Gasteiger charge is -2.14. The zero-order valence-corrected chi connectivity index (χ0v) is 13.1. The molecule has 2 atom stereocenters. The molecular formula is C14H18F2N2O4S. The minimum absolute atomic E-state index is 0.0603. The van der Waals surface area contributed by atoms with Crippen LogP contribution in [-0.2, 0) is 9.84 Å². The molecule has 0 aromatic heterocycles. The first kappa shape index (κ1) is 17.6. The lowest BCUT2D eigenvalue weighted by atomic mass is 10.1. The van der Waals surface area contributed by atoms with Crippen molar-refractivity contribution in [3.8, 4) is 0 Å². The van der Waals surface area contributed by atoms with E-state index in [0.717, 1.165) is 12.1 Å². The van der Waals surface area contributed by atoms with Gasteiger partial charge in [-0.15, -0.1) is 0 Å². The number of rotatable bonds is 5. The van der Waals surface area contributed by atoms with E-state index in [9.17, 15) is 27.1 Å². The van der Waals surface area contributed by atoms with Gasteiger partial charge in [-0.1, -0.05) is 6.07 Å². The van der Waals surface area contributed by atoms with Crippen LogP contribution in [0.25, 0.3) is 0 Å². The van der Waals surface area contributed by atoms with Crippen LogP contribution in [0.2, 0.25) is 0 Å². The van der Waals surface area contributed by atoms with Gasteiger partial charge in [0.2, 0.25) is 0 Å². The number of hydrogen-bond donors (Lipinski definition) is 3. The second-order valence-corrected chi connectivity index (χ2v) is 7.78. The van der Waals surface area contributed by atoms with Gasteiger partial charge in [-0.25, -0.2) is 22.0 Å². The molecule has 128 valence electrons. The second-order valence-electron chi connectivity index (χ2n) is 5.55. The molecule has 6 nitrogen and oxygen atoms in total. The Morgan fingerprint density at radius 1 is 1.30 bits per heavy atom. The van der Waals surface area contributed by atoms with Crippen molar-refractivity contribution in [2.75, 3.05) is 24.6 Å². The predicted molar refractivity (Wildman–Crippen MR) is 79.5 cm³/mol. The zero-order chi connectivity index (χ0) is 17.0. The molecule has 3 N–H and O–H groups in total. The Bertz CT molecular complexity index is 681. The SMILES string of the molecule is O=C(NCC1CCS(=O)(=O)C1)NCC(O)c1ccc(F)c(F)c1. The Morgan fingerprint density at radius 2 is 2.04 bits per heavy atom. The van der Waals surface area contributed by atoms with Gasteiger partial charge in [0, 0.05) is 13.1 Å². The predicted octanol–water partition coefficient (Wildman–Crippen LogP) is 0.732. The molecule has 0 aliphatic carbocycles. The summed E-state index contributed by atoms with van der Waals surface area (Å²) in [4.78, 5) is 11.6. The molecule has 2 amide bonds. The summed E-state index contributed by atoms with van der Waals surface area (Å²) in [6, 6.07) is 2.43. The molecule has 1 aromatic rings. The highest BCUT2D eigenvalue weighted by Crippen LogP contribution is 2.17. The quantitative estimate of drug-likeness (QED) is 0.731. The molecule has 0 spiro atoms. The van der Waals surface area contributed by atoms with Gasteiger partial charge in [0.15, 0.2) is 21.5 Å². The molecule has 1 saturated heterocycles. The van der Waals surface area contributed by atoms with Crippen molar-refractivity contribution in [3.63, 3.8) is 0 Å². The maximum atomic E-state index is 13.1. The van der Waals surface area contributed by atoms with Crippen LogP contribution in [-0.4, -0.2) is 44.2 Å². The molecule has 2 rings (SSSR count). The Hall–Kier alpha value is -1.74. The molecule has 1 aliphatic rings. The molecule has 23 heavy (non-hydrogen) atoms. The van der Waals surface area contributed by atoms with Crippen molar-refractivity contribution in [1.29, 1.82) is 0 Å². The molecule has 2 unspecified atom stereocenters. The van der Waals surface area contributed by atoms with Crippen molar-refractivity contribution in [2.45, 2.75) is 12.5 Å². The molecule has 0 bridgehead atoms. The average Bonchev–Trinajstić information content (AvgIpc) is 2.84. The number of benzene rings is 1. The lowest BCUT2D eigenvalue weighted by molar-refractivity contribution is 0.172. The first-order chi connectivity index (χ1) is 10.8. The summed E-state index contributed by atoms with van der Waals surface area (Å²) >= 11 is 0. The van der Waals surface area contributed by atoms with Crippen LogP contribution >= 0.6 is 0 Å². The minimum Gasteiger partial charge on any atom is -0.387 e. The van der Waals surface area contributed by atoms with Crippen LogP contribution in [0.1, 0.15) is 18.1 Å². The van der Waals surface area contributed by atoms with Crippen LogP contribution in [0.5, 0.6) is 0 Å². The summed E-state index contributed by atoms with van der Waals surface area (Å²) < 4.78 is 48.4. The molecule has 1 aliphatic heterocycles. The zero-order valence-electron chi connectivity index (χ0n) is 12.3. The third kappa shape index (κ3) is 5.14. The number of carbonyl (C=O) groups excluding carboxylic acids is 1. The molecule has 9 heteroatoms.